The second kappa shape index (κ2) is 6.67. The number of ether oxygens (including phenoxy) is 1. The van der Waals surface area contributed by atoms with E-state index in [4.69, 9.17) is 9.84 Å². The molecule has 0 aliphatic carbocycles. The van der Waals surface area contributed by atoms with Crippen molar-refractivity contribution in [1.82, 2.24) is 4.90 Å². The van der Waals surface area contributed by atoms with E-state index in [2.05, 4.69) is 6.92 Å². The molecule has 1 aliphatic heterocycles. The normalized spacial score (nSPS) is 21.7. The summed E-state index contributed by atoms with van der Waals surface area (Å²) in [6.45, 7) is 4.97. The molecule has 1 rings (SSSR count). The Morgan fingerprint density at radius 1 is 1.60 bits per heavy atom. The number of amides is 1. The van der Waals surface area contributed by atoms with Crippen LogP contribution in [0.2, 0.25) is 0 Å². The molecule has 0 aromatic rings. The Kier molecular flexibility index (Phi) is 5.47. The Morgan fingerprint density at radius 2 is 2.40 bits per heavy atom. The number of nitrogens with zero attached hydrogens (tertiary/aromatic N) is 1. The van der Waals surface area contributed by atoms with Crippen LogP contribution < -0.4 is 0 Å². The van der Waals surface area contributed by atoms with E-state index in [1.54, 1.807) is 0 Å². The molecule has 4 heteroatoms. The first-order chi connectivity index (χ1) is 7.24. The van der Waals surface area contributed by atoms with Gasteiger partial charge >= 0.3 is 6.09 Å². The standard InChI is InChI=1S/C11H21NO3/c1-2-3-7-15-9-10-5-4-6-12(8-10)11(13)14/h10H,2-9H2,1H3,(H,13,14). The molecule has 4 nitrogen and oxygen atoms in total. The van der Waals surface area contributed by atoms with Crippen LogP contribution in [0.4, 0.5) is 4.79 Å². The molecule has 1 N–H and O–H groups in total. The highest BCUT2D eigenvalue weighted by Crippen LogP contribution is 2.16. The summed E-state index contributed by atoms with van der Waals surface area (Å²) < 4.78 is 5.52. The molecular formula is C11H21NO3. The lowest BCUT2D eigenvalue weighted by Gasteiger charge is -2.30. The average Bonchev–Trinajstić information content (AvgIpc) is 2.25. The van der Waals surface area contributed by atoms with Crippen LogP contribution in [0.15, 0.2) is 0 Å². The fourth-order valence-electron chi connectivity index (χ4n) is 1.87. The van der Waals surface area contributed by atoms with Crippen molar-refractivity contribution in [3.63, 3.8) is 0 Å². The number of likely N-dealkylation sites (tertiary alicyclic amines) is 1. The van der Waals surface area contributed by atoms with Gasteiger partial charge in [0.05, 0.1) is 6.61 Å². The Balaban J connectivity index is 2.15. The van der Waals surface area contributed by atoms with Crippen LogP contribution in [0.25, 0.3) is 0 Å². The van der Waals surface area contributed by atoms with E-state index in [9.17, 15) is 4.79 Å². The van der Waals surface area contributed by atoms with Crippen LogP contribution in [0.5, 0.6) is 0 Å². The van der Waals surface area contributed by atoms with E-state index in [0.29, 0.717) is 25.6 Å². The van der Waals surface area contributed by atoms with Crippen LogP contribution in [0.3, 0.4) is 0 Å². The molecule has 0 saturated carbocycles. The van der Waals surface area contributed by atoms with Crippen molar-refractivity contribution < 1.29 is 14.6 Å². The van der Waals surface area contributed by atoms with Crippen LogP contribution in [0, 0.1) is 5.92 Å². The minimum Gasteiger partial charge on any atom is -0.465 e. The SMILES string of the molecule is CCCCOCC1CCCN(C(=O)O)C1. The molecule has 0 aromatic heterocycles. The molecule has 1 unspecified atom stereocenters. The highest BCUT2D eigenvalue weighted by atomic mass is 16.5. The van der Waals surface area contributed by atoms with Gasteiger partial charge in [0.15, 0.2) is 0 Å². The average molecular weight is 215 g/mol. The van der Waals surface area contributed by atoms with Gasteiger partial charge in [-0.25, -0.2) is 4.79 Å². The lowest BCUT2D eigenvalue weighted by atomic mass is 9.99. The molecule has 88 valence electrons. The predicted molar refractivity (Wildman–Crippen MR) is 58.0 cm³/mol. The third-order valence-electron chi connectivity index (χ3n) is 2.79. The van der Waals surface area contributed by atoms with E-state index in [1.165, 1.54) is 4.90 Å². The maximum atomic E-state index is 10.8. The quantitative estimate of drug-likeness (QED) is 0.715. The van der Waals surface area contributed by atoms with Gasteiger partial charge in [-0.2, -0.15) is 0 Å². The number of carboxylic acid groups (broad SMARTS) is 1. The number of hydrogen-bond donors (Lipinski definition) is 1. The summed E-state index contributed by atoms with van der Waals surface area (Å²) in [5, 5.41) is 8.85. The molecule has 0 radical (unpaired) electrons. The van der Waals surface area contributed by atoms with Gasteiger partial charge in [-0.05, 0) is 19.3 Å². The lowest BCUT2D eigenvalue weighted by Crippen LogP contribution is -2.40. The first-order valence-corrected chi connectivity index (χ1v) is 5.79. The summed E-state index contributed by atoms with van der Waals surface area (Å²) in [5.74, 6) is 0.395. The minimum absolute atomic E-state index is 0.395. The van der Waals surface area contributed by atoms with Gasteiger partial charge in [-0.1, -0.05) is 13.3 Å². The maximum Gasteiger partial charge on any atom is 0.407 e. The van der Waals surface area contributed by atoms with E-state index in [0.717, 1.165) is 32.3 Å². The topological polar surface area (TPSA) is 49.8 Å². The molecule has 0 bridgehead atoms. The Labute approximate surface area is 91.2 Å². The summed E-state index contributed by atoms with van der Waals surface area (Å²) in [7, 11) is 0. The van der Waals surface area contributed by atoms with Gasteiger partial charge in [0.2, 0.25) is 0 Å². The Hall–Kier alpha value is -0.770. The Morgan fingerprint density at radius 3 is 3.07 bits per heavy atom. The fraction of sp³-hybridized carbons (Fsp3) is 0.909. The van der Waals surface area contributed by atoms with Crippen LogP contribution in [0.1, 0.15) is 32.6 Å². The van der Waals surface area contributed by atoms with Gasteiger partial charge < -0.3 is 14.7 Å². The lowest BCUT2D eigenvalue weighted by molar-refractivity contribution is 0.0581. The Bertz CT molecular complexity index is 196. The summed E-state index contributed by atoms with van der Waals surface area (Å²) >= 11 is 0. The number of hydrogen-bond acceptors (Lipinski definition) is 2. The van der Waals surface area contributed by atoms with E-state index >= 15 is 0 Å². The molecule has 1 heterocycles. The van der Waals surface area contributed by atoms with Crippen LogP contribution in [-0.2, 0) is 4.74 Å². The molecule has 1 amide bonds. The smallest absolute Gasteiger partial charge is 0.407 e. The zero-order valence-corrected chi connectivity index (χ0v) is 9.45. The zero-order chi connectivity index (χ0) is 11.1. The first-order valence-electron chi connectivity index (χ1n) is 5.79. The van der Waals surface area contributed by atoms with Crippen molar-refractivity contribution in [2.45, 2.75) is 32.6 Å². The van der Waals surface area contributed by atoms with Crippen molar-refractivity contribution in [3.8, 4) is 0 Å². The summed E-state index contributed by atoms with van der Waals surface area (Å²) in [5.41, 5.74) is 0. The summed E-state index contributed by atoms with van der Waals surface area (Å²) in [6.07, 6.45) is 3.50. The number of piperidine rings is 1. The molecule has 15 heavy (non-hydrogen) atoms. The van der Waals surface area contributed by atoms with Crippen LogP contribution >= 0.6 is 0 Å². The highest BCUT2D eigenvalue weighted by Gasteiger charge is 2.22. The van der Waals surface area contributed by atoms with Gasteiger partial charge in [0.1, 0.15) is 0 Å². The second-order valence-electron chi connectivity index (χ2n) is 4.17. The van der Waals surface area contributed by atoms with E-state index in [-0.39, 0.29) is 0 Å². The molecule has 1 fully saturated rings. The van der Waals surface area contributed by atoms with Crippen molar-refractivity contribution >= 4 is 6.09 Å². The number of rotatable bonds is 5. The van der Waals surface area contributed by atoms with Gasteiger partial charge in [0.25, 0.3) is 0 Å². The van der Waals surface area contributed by atoms with E-state index < -0.39 is 6.09 Å². The van der Waals surface area contributed by atoms with Crippen molar-refractivity contribution in [1.29, 1.82) is 0 Å². The van der Waals surface area contributed by atoms with Gasteiger partial charge in [0, 0.05) is 25.6 Å². The number of carbonyl (C=O) groups is 1. The van der Waals surface area contributed by atoms with Gasteiger partial charge in [-0.3, -0.25) is 0 Å². The molecule has 1 aliphatic rings. The third kappa shape index (κ3) is 4.51. The summed E-state index contributed by atoms with van der Waals surface area (Å²) in [6, 6.07) is 0. The minimum atomic E-state index is -0.798. The molecular weight excluding hydrogens is 194 g/mol. The second-order valence-corrected chi connectivity index (χ2v) is 4.17. The number of unbranched alkanes of at least 4 members (excludes halogenated alkanes) is 1. The molecule has 1 atom stereocenters. The predicted octanol–water partition coefficient (Wildman–Crippen LogP) is 2.19. The fourth-order valence-corrected chi connectivity index (χ4v) is 1.87. The zero-order valence-electron chi connectivity index (χ0n) is 9.45. The van der Waals surface area contributed by atoms with Crippen molar-refractivity contribution in [2.75, 3.05) is 26.3 Å². The monoisotopic (exact) mass is 215 g/mol. The van der Waals surface area contributed by atoms with Gasteiger partial charge in [-0.15, -0.1) is 0 Å². The first kappa shape index (κ1) is 12.3. The third-order valence-corrected chi connectivity index (χ3v) is 2.79. The molecule has 1 saturated heterocycles. The largest absolute Gasteiger partial charge is 0.465 e. The molecule has 0 spiro atoms. The van der Waals surface area contributed by atoms with Crippen molar-refractivity contribution in [2.24, 2.45) is 5.92 Å². The van der Waals surface area contributed by atoms with Crippen LogP contribution in [-0.4, -0.2) is 42.4 Å². The molecule has 0 aromatic carbocycles. The summed E-state index contributed by atoms with van der Waals surface area (Å²) in [4.78, 5) is 12.3. The van der Waals surface area contributed by atoms with Crippen molar-refractivity contribution in [3.05, 3.63) is 0 Å². The highest BCUT2D eigenvalue weighted by molar-refractivity contribution is 5.65. The maximum absolute atomic E-state index is 10.8. The van der Waals surface area contributed by atoms with E-state index in [1.807, 2.05) is 0 Å².